The fourth-order valence-corrected chi connectivity index (χ4v) is 3.73. The molecule has 2 N–H and O–H groups in total. The van der Waals surface area contributed by atoms with Gasteiger partial charge in [0, 0.05) is 6.54 Å². The Balaban J connectivity index is 1.93. The minimum absolute atomic E-state index is 0.0384. The first-order chi connectivity index (χ1) is 11.1. The van der Waals surface area contributed by atoms with Crippen molar-refractivity contribution in [2.24, 2.45) is 5.92 Å². The van der Waals surface area contributed by atoms with E-state index in [1.165, 1.54) is 12.0 Å². The average Bonchev–Trinajstić information content (AvgIpc) is 3.17. The summed E-state index contributed by atoms with van der Waals surface area (Å²) in [6.45, 7) is 4.76. The molecule has 1 fully saturated rings. The minimum atomic E-state index is -0.942. The van der Waals surface area contributed by atoms with Crippen molar-refractivity contribution in [3.8, 4) is 0 Å². The summed E-state index contributed by atoms with van der Waals surface area (Å²) in [6.07, 6.45) is 1.38. The number of esters is 1. The number of amides is 1. The van der Waals surface area contributed by atoms with Gasteiger partial charge in [-0.15, -0.1) is 0 Å². The fourth-order valence-electron chi connectivity index (χ4n) is 3.73. The zero-order valence-electron chi connectivity index (χ0n) is 13.0. The van der Waals surface area contributed by atoms with Crippen molar-refractivity contribution in [2.75, 3.05) is 13.7 Å². The van der Waals surface area contributed by atoms with E-state index >= 15 is 0 Å². The number of carbonyl (C=O) groups excluding carboxylic acids is 1. The molecule has 0 bridgehead atoms. The quantitative estimate of drug-likeness (QED) is 0.834. The van der Waals surface area contributed by atoms with E-state index in [1.807, 2.05) is 18.2 Å². The van der Waals surface area contributed by atoms with Crippen LogP contribution < -0.4 is 5.32 Å². The fraction of sp³-hybridized carbons (Fsp3) is 0.412. The molecule has 2 aliphatic heterocycles. The molecule has 2 heterocycles. The van der Waals surface area contributed by atoms with Crippen molar-refractivity contribution in [2.45, 2.75) is 25.0 Å². The van der Waals surface area contributed by atoms with E-state index in [-0.39, 0.29) is 24.0 Å². The largest absolute Gasteiger partial charge is 0.468 e. The van der Waals surface area contributed by atoms with Crippen LogP contribution in [0.4, 0.5) is 4.79 Å². The van der Waals surface area contributed by atoms with Crippen LogP contribution in [0.1, 0.15) is 29.2 Å². The molecule has 122 valence electrons. The average molecular weight is 316 g/mol. The molecule has 3 unspecified atom stereocenters. The van der Waals surface area contributed by atoms with Gasteiger partial charge < -0.3 is 15.2 Å². The maximum absolute atomic E-state index is 11.7. The van der Waals surface area contributed by atoms with Crippen LogP contribution in [0, 0.1) is 5.92 Å². The summed E-state index contributed by atoms with van der Waals surface area (Å²) in [6, 6.07) is 5.23. The smallest absolute Gasteiger partial charge is 0.408 e. The Morgan fingerprint density at radius 2 is 2.26 bits per heavy atom. The third kappa shape index (κ3) is 2.59. The highest BCUT2D eigenvalue weighted by Crippen LogP contribution is 2.43. The third-order valence-electron chi connectivity index (χ3n) is 4.79. The van der Waals surface area contributed by atoms with E-state index in [0.29, 0.717) is 19.5 Å². The molecule has 3 atom stereocenters. The maximum atomic E-state index is 11.7. The Hall–Kier alpha value is -2.34. The SMILES string of the molecule is C=Cc1cccc2c1CN(C(=O)O)C2C1CNC(C(=O)OC)C1. The van der Waals surface area contributed by atoms with Crippen molar-refractivity contribution in [3.63, 3.8) is 0 Å². The highest BCUT2D eigenvalue weighted by atomic mass is 16.5. The first kappa shape index (κ1) is 15.6. The van der Waals surface area contributed by atoms with Gasteiger partial charge in [-0.25, -0.2) is 4.79 Å². The van der Waals surface area contributed by atoms with E-state index in [1.54, 1.807) is 6.08 Å². The number of rotatable bonds is 3. The molecular weight excluding hydrogens is 296 g/mol. The van der Waals surface area contributed by atoms with Crippen LogP contribution in [-0.2, 0) is 16.1 Å². The zero-order valence-corrected chi connectivity index (χ0v) is 13.0. The Labute approximate surface area is 134 Å². The van der Waals surface area contributed by atoms with Gasteiger partial charge in [-0.05, 0) is 29.0 Å². The van der Waals surface area contributed by atoms with Gasteiger partial charge >= 0.3 is 12.1 Å². The number of hydrogen-bond acceptors (Lipinski definition) is 4. The molecule has 0 spiro atoms. The van der Waals surface area contributed by atoms with Gasteiger partial charge in [0.05, 0.1) is 19.7 Å². The summed E-state index contributed by atoms with van der Waals surface area (Å²) < 4.78 is 4.78. The first-order valence-corrected chi connectivity index (χ1v) is 7.61. The first-order valence-electron chi connectivity index (χ1n) is 7.61. The van der Waals surface area contributed by atoms with Crippen molar-refractivity contribution in [3.05, 3.63) is 41.5 Å². The Bertz CT molecular complexity index is 658. The van der Waals surface area contributed by atoms with E-state index in [2.05, 4.69) is 11.9 Å². The lowest BCUT2D eigenvalue weighted by molar-refractivity contribution is -0.142. The Morgan fingerprint density at radius 1 is 1.48 bits per heavy atom. The molecule has 1 amide bonds. The lowest BCUT2D eigenvalue weighted by Crippen LogP contribution is -2.33. The maximum Gasteiger partial charge on any atom is 0.408 e. The lowest BCUT2D eigenvalue weighted by Gasteiger charge is -2.27. The number of nitrogens with one attached hydrogen (secondary N) is 1. The highest BCUT2D eigenvalue weighted by Gasteiger charge is 2.43. The van der Waals surface area contributed by atoms with E-state index < -0.39 is 6.09 Å². The number of ether oxygens (including phenoxy) is 1. The van der Waals surface area contributed by atoms with Crippen LogP contribution in [-0.4, -0.2) is 41.8 Å². The molecule has 1 aromatic rings. The lowest BCUT2D eigenvalue weighted by atomic mass is 9.89. The molecule has 6 heteroatoms. The summed E-state index contributed by atoms with van der Waals surface area (Å²) in [5.41, 5.74) is 2.99. The summed E-state index contributed by atoms with van der Waals surface area (Å²) in [4.78, 5) is 24.9. The normalized spacial score (nSPS) is 26.0. The van der Waals surface area contributed by atoms with Crippen LogP contribution in [0.2, 0.25) is 0 Å². The molecule has 1 aromatic carbocycles. The summed E-state index contributed by atoms with van der Waals surface area (Å²) in [5, 5.41) is 12.7. The van der Waals surface area contributed by atoms with Gasteiger partial charge in [-0.1, -0.05) is 30.9 Å². The van der Waals surface area contributed by atoms with Gasteiger partial charge in [0.15, 0.2) is 0 Å². The number of hydrogen-bond donors (Lipinski definition) is 2. The number of carboxylic acid groups (broad SMARTS) is 1. The second kappa shape index (κ2) is 6.04. The Morgan fingerprint density at radius 3 is 2.91 bits per heavy atom. The third-order valence-corrected chi connectivity index (χ3v) is 4.79. The molecule has 23 heavy (non-hydrogen) atoms. The predicted molar refractivity (Wildman–Crippen MR) is 84.8 cm³/mol. The van der Waals surface area contributed by atoms with Gasteiger partial charge in [0.25, 0.3) is 0 Å². The minimum Gasteiger partial charge on any atom is -0.468 e. The van der Waals surface area contributed by atoms with Crippen LogP contribution in [0.25, 0.3) is 6.08 Å². The molecule has 3 rings (SSSR count). The standard InChI is InChI=1S/C17H20N2O4/c1-3-10-5-4-6-12-13(10)9-19(17(21)22)15(12)11-7-14(18-8-11)16(20)23-2/h3-6,11,14-15,18H,1,7-9H2,2H3,(H,21,22). The number of methoxy groups -OCH3 is 1. The monoisotopic (exact) mass is 316 g/mol. The van der Waals surface area contributed by atoms with E-state index in [0.717, 1.165) is 16.7 Å². The molecular formula is C17H20N2O4. The van der Waals surface area contributed by atoms with Crippen molar-refractivity contribution in [1.82, 2.24) is 10.2 Å². The topological polar surface area (TPSA) is 78.9 Å². The second-order valence-corrected chi connectivity index (χ2v) is 5.95. The van der Waals surface area contributed by atoms with Gasteiger partial charge in [0.1, 0.15) is 6.04 Å². The molecule has 0 aromatic heterocycles. The van der Waals surface area contributed by atoms with Crippen molar-refractivity contribution < 1.29 is 19.4 Å². The van der Waals surface area contributed by atoms with Crippen molar-refractivity contribution >= 4 is 18.1 Å². The van der Waals surface area contributed by atoms with Crippen LogP contribution in [0.15, 0.2) is 24.8 Å². The van der Waals surface area contributed by atoms with Gasteiger partial charge in [0.2, 0.25) is 0 Å². The van der Waals surface area contributed by atoms with Crippen LogP contribution >= 0.6 is 0 Å². The van der Waals surface area contributed by atoms with Gasteiger partial charge in [-0.2, -0.15) is 0 Å². The van der Waals surface area contributed by atoms with Gasteiger partial charge in [-0.3, -0.25) is 9.69 Å². The molecule has 0 saturated carbocycles. The summed E-state index contributed by atoms with van der Waals surface area (Å²) >= 11 is 0. The number of carbonyl (C=O) groups is 2. The van der Waals surface area contributed by atoms with Crippen LogP contribution in [0.3, 0.4) is 0 Å². The van der Waals surface area contributed by atoms with Crippen molar-refractivity contribution in [1.29, 1.82) is 0 Å². The summed E-state index contributed by atoms with van der Waals surface area (Å²) in [7, 11) is 1.36. The molecule has 1 saturated heterocycles. The Kier molecular flexibility index (Phi) is 4.09. The van der Waals surface area contributed by atoms with Crippen LogP contribution in [0.5, 0.6) is 0 Å². The zero-order chi connectivity index (χ0) is 16.6. The highest BCUT2D eigenvalue weighted by molar-refractivity contribution is 5.76. The predicted octanol–water partition coefficient (Wildman–Crippen LogP) is 2.02. The van der Waals surface area contributed by atoms with E-state index in [4.69, 9.17) is 4.74 Å². The number of nitrogens with zero attached hydrogens (tertiary/aromatic N) is 1. The molecule has 2 aliphatic rings. The number of fused-ring (bicyclic) bond motifs is 1. The van der Waals surface area contributed by atoms with E-state index in [9.17, 15) is 14.7 Å². The molecule has 0 radical (unpaired) electrons. The summed E-state index contributed by atoms with van der Waals surface area (Å²) in [5.74, 6) is -0.260. The number of benzene rings is 1. The molecule has 0 aliphatic carbocycles. The second-order valence-electron chi connectivity index (χ2n) is 5.95. The molecule has 6 nitrogen and oxygen atoms in total.